The second-order valence-electron chi connectivity index (χ2n) is 4.73. The third kappa shape index (κ3) is 6.81. The monoisotopic (exact) mass is 244 g/mol. The van der Waals surface area contributed by atoms with Gasteiger partial charge < -0.3 is 15.7 Å². The summed E-state index contributed by atoms with van der Waals surface area (Å²) in [5, 5.41) is 14.3. The Balaban J connectivity index is 4.01. The normalized spacial score (nSPS) is 14.2. The average molecular weight is 244 g/mol. The van der Waals surface area contributed by atoms with Crippen molar-refractivity contribution in [2.24, 2.45) is 11.8 Å². The highest BCUT2D eigenvalue weighted by molar-refractivity contribution is 5.76. The van der Waals surface area contributed by atoms with Crippen LogP contribution in [0.4, 0.5) is 4.79 Å². The minimum absolute atomic E-state index is 0.000801. The van der Waals surface area contributed by atoms with Crippen LogP contribution in [0, 0.1) is 11.8 Å². The van der Waals surface area contributed by atoms with Crippen LogP contribution in [0.2, 0.25) is 0 Å². The predicted molar refractivity (Wildman–Crippen MR) is 66.9 cm³/mol. The molecule has 0 spiro atoms. The van der Waals surface area contributed by atoms with Crippen LogP contribution in [-0.2, 0) is 4.79 Å². The second-order valence-corrected chi connectivity index (χ2v) is 4.73. The number of hydrogen-bond donors (Lipinski definition) is 3. The minimum atomic E-state index is -0.873. The first-order valence-corrected chi connectivity index (χ1v) is 6.15. The summed E-state index contributed by atoms with van der Waals surface area (Å²) in [6.07, 6.45) is 1.92. The van der Waals surface area contributed by atoms with Crippen molar-refractivity contribution in [3.8, 4) is 0 Å². The van der Waals surface area contributed by atoms with E-state index < -0.39 is 11.9 Å². The Kier molecular flexibility index (Phi) is 7.34. The highest BCUT2D eigenvalue weighted by Crippen LogP contribution is 2.09. The summed E-state index contributed by atoms with van der Waals surface area (Å²) in [5.41, 5.74) is 0. The van der Waals surface area contributed by atoms with Crippen LogP contribution in [0.3, 0.4) is 0 Å². The zero-order valence-electron chi connectivity index (χ0n) is 11.1. The van der Waals surface area contributed by atoms with E-state index in [0.29, 0.717) is 0 Å². The molecule has 0 aromatic carbocycles. The van der Waals surface area contributed by atoms with E-state index in [1.165, 1.54) is 0 Å². The molecule has 3 N–H and O–H groups in total. The molecule has 0 aromatic rings. The standard InChI is InChI=1S/C12H24N2O3/c1-5-6-9(4)14-12(17)13-7-10(8(2)3)11(15)16/h8-10H,5-7H2,1-4H3,(H,15,16)(H2,13,14,17). The molecule has 0 fully saturated rings. The van der Waals surface area contributed by atoms with Crippen molar-refractivity contribution in [3.63, 3.8) is 0 Å². The zero-order chi connectivity index (χ0) is 13.4. The quantitative estimate of drug-likeness (QED) is 0.639. The van der Waals surface area contributed by atoms with Crippen LogP contribution in [0.25, 0.3) is 0 Å². The topological polar surface area (TPSA) is 78.4 Å². The second kappa shape index (κ2) is 7.92. The van der Waals surface area contributed by atoms with Crippen molar-refractivity contribution in [2.75, 3.05) is 6.54 Å². The lowest BCUT2D eigenvalue weighted by Crippen LogP contribution is -2.44. The number of carboxylic acid groups (broad SMARTS) is 1. The van der Waals surface area contributed by atoms with Crippen molar-refractivity contribution >= 4 is 12.0 Å². The summed E-state index contributed by atoms with van der Waals surface area (Å²) < 4.78 is 0. The largest absolute Gasteiger partial charge is 0.481 e. The lowest BCUT2D eigenvalue weighted by atomic mass is 9.96. The molecule has 2 unspecified atom stereocenters. The molecule has 0 saturated heterocycles. The van der Waals surface area contributed by atoms with Gasteiger partial charge in [-0.3, -0.25) is 4.79 Å². The third-order valence-electron chi connectivity index (χ3n) is 2.70. The summed E-state index contributed by atoms with van der Waals surface area (Å²) in [7, 11) is 0. The number of hydrogen-bond acceptors (Lipinski definition) is 2. The van der Waals surface area contributed by atoms with Gasteiger partial charge in [-0.25, -0.2) is 4.79 Å². The number of aliphatic carboxylic acids is 1. The third-order valence-corrected chi connectivity index (χ3v) is 2.70. The first-order chi connectivity index (χ1) is 7.88. The van der Waals surface area contributed by atoms with Gasteiger partial charge in [-0.2, -0.15) is 0 Å². The molecule has 0 radical (unpaired) electrons. The molecule has 17 heavy (non-hydrogen) atoms. The highest BCUT2D eigenvalue weighted by Gasteiger charge is 2.22. The van der Waals surface area contributed by atoms with E-state index in [9.17, 15) is 9.59 Å². The molecule has 5 heteroatoms. The van der Waals surface area contributed by atoms with Gasteiger partial charge in [-0.1, -0.05) is 27.2 Å². The number of rotatable bonds is 7. The number of amides is 2. The SMILES string of the molecule is CCCC(C)NC(=O)NCC(C(=O)O)C(C)C. The van der Waals surface area contributed by atoms with Gasteiger partial charge in [0.25, 0.3) is 0 Å². The Morgan fingerprint density at radius 1 is 1.24 bits per heavy atom. The molecule has 0 saturated carbocycles. The Bertz CT molecular complexity index is 254. The fourth-order valence-electron chi connectivity index (χ4n) is 1.59. The highest BCUT2D eigenvalue weighted by atomic mass is 16.4. The predicted octanol–water partition coefficient (Wildman–Crippen LogP) is 1.83. The Hall–Kier alpha value is -1.26. The number of urea groups is 1. The van der Waals surface area contributed by atoms with Gasteiger partial charge in [0.1, 0.15) is 0 Å². The van der Waals surface area contributed by atoms with E-state index >= 15 is 0 Å². The van der Waals surface area contributed by atoms with E-state index in [0.717, 1.165) is 12.8 Å². The summed E-state index contributed by atoms with van der Waals surface area (Å²) in [5.74, 6) is -1.41. The van der Waals surface area contributed by atoms with Gasteiger partial charge in [-0.05, 0) is 19.3 Å². The van der Waals surface area contributed by atoms with Gasteiger partial charge in [0.05, 0.1) is 5.92 Å². The smallest absolute Gasteiger partial charge is 0.315 e. The molecule has 5 nitrogen and oxygen atoms in total. The maximum absolute atomic E-state index is 11.5. The fraction of sp³-hybridized carbons (Fsp3) is 0.833. The van der Waals surface area contributed by atoms with E-state index in [4.69, 9.17) is 5.11 Å². The van der Waals surface area contributed by atoms with E-state index in [1.807, 2.05) is 20.8 Å². The minimum Gasteiger partial charge on any atom is -0.481 e. The van der Waals surface area contributed by atoms with Crippen LogP contribution in [0.15, 0.2) is 0 Å². The van der Waals surface area contributed by atoms with Crippen LogP contribution >= 0.6 is 0 Å². The van der Waals surface area contributed by atoms with Gasteiger partial charge in [0.2, 0.25) is 0 Å². The van der Waals surface area contributed by atoms with Crippen molar-refractivity contribution in [1.82, 2.24) is 10.6 Å². The van der Waals surface area contributed by atoms with Gasteiger partial charge in [0.15, 0.2) is 0 Å². The molecule has 2 atom stereocenters. The first kappa shape index (κ1) is 15.7. The molecule has 0 aliphatic rings. The molecular weight excluding hydrogens is 220 g/mol. The summed E-state index contributed by atoms with van der Waals surface area (Å²) in [6, 6.07) is -0.180. The van der Waals surface area contributed by atoms with Crippen molar-refractivity contribution in [3.05, 3.63) is 0 Å². The molecular formula is C12H24N2O3. The maximum atomic E-state index is 11.5. The van der Waals surface area contributed by atoms with E-state index in [1.54, 1.807) is 0 Å². The molecule has 100 valence electrons. The zero-order valence-corrected chi connectivity index (χ0v) is 11.1. The maximum Gasteiger partial charge on any atom is 0.315 e. The molecule has 0 heterocycles. The summed E-state index contributed by atoms with van der Waals surface area (Å²) in [6.45, 7) is 7.81. The van der Waals surface area contributed by atoms with Crippen molar-refractivity contribution in [1.29, 1.82) is 0 Å². The Labute approximate surface area is 103 Å². The number of carbonyl (C=O) groups is 2. The van der Waals surface area contributed by atoms with Crippen LogP contribution in [-0.4, -0.2) is 29.7 Å². The average Bonchev–Trinajstić information content (AvgIpc) is 2.16. The van der Waals surface area contributed by atoms with Gasteiger partial charge >= 0.3 is 12.0 Å². The lowest BCUT2D eigenvalue weighted by Gasteiger charge is -2.18. The van der Waals surface area contributed by atoms with Crippen LogP contribution < -0.4 is 10.6 Å². The molecule has 0 rings (SSSR count). The molecule has 0 aliphatic heterocycles. The number of carboxylic acids is 1. The Morgan fingerprint density at radius 3 is 2.24 bits per heavy atom. The van der Waals surface area contributed by atoms with Gasteiger partial charge in [0, 0.05) is 12.6 Å². The van der Waals surface area contributed by atoms with E-state index in [2.05, 4.69) is 17.6 Å². The van der Waals surface area contributed by atoms with E-state index in [-0.39, 0.29) is 24.5 Å². The number of nitrogens with one attached hydrogen (secondary N) is 2. The lowest BCUT2D eigenvalue weighted by molar-refractivity contribution is -0.142. The molecule has 0 aromatic heterocycles. The van der Waals surface area contributed by atoms with Crippen molar-refractivity contribution < 1.29 is 14.7 Å². The number of carbonyl (C=O) groups excluding carboxylic acids is 1. The van der Waals surface area contributed by atoms with Crippen LogP contribution in [0.1, 0.15) is 40.5 Å². The molecule has 2 amide bonds. The molecule has 0 bridgehead atoms. The van der Waals surface area contributed by atoms with Crippen LogP contribution in [0.5, 0.6) is 0 Å². The van der Waals surface area contributed by atoms with Gasteiger partial charge in [-0.15, -0.1) is 0 Å². The fourth-order valence-corrected chi connectivity index (χ4v) is 1.59. The van der Waals surface area contributed by atoms with Crippen molar-refractivity contribution in [2.45, 2.75) is 46.6 Å². The Morgan fingerprint density at radius 2 is 1.82 bits per heavy atom. The molecule has 0 aliphatic carbocycles. The summed E-state index contributed by atoms with van der Waals surface area (Å²) >= 11 is 0. The summed E-state index contributed by atoms with van der Waals surface area (Å²) in [4.78, 5) is 22.4. The first-order valence-electron chi connectivity index (χ1n) is 6.15.